The molecule has 4 N–H and O–H groups in total. The fourth-order valence-electron chi connectivity index (χ4n) is 1.48. The first-order valence-electron chi connectivity index (χ1n) is 4.57. The maximum Gasteiger partial charge on any atom is 0.0830 e. The minimum Gasteiger partial charge on any atom is -0.412 e. The Kier molecular flexibility index (Phi) is 3.11. The van der Waals surface area contributed by atoms with Crippen molar-refractivity contribution in [2.45, 2.75) is 13.8 Å². The van der Waals surface area contributed by atoms with Crippen molar-refractivity contribution < 1.29 is 5.48 Å². The van der Waals surface area contributed by atoms with E-state index in [9.17, 15) is 0 Å². The van der Waals surface area contributed by atoms with Gasteiger partial charge in [0.25, 0.3) is 0 Å². The molecule has 0 aliphatic rings. The van der Waals surface area contributed by atoms with Crippen LogP contribution in [0.15, 0.2) is 30.3 Å². The lowest BCUT2D eigenvalue weighted by Gasteiger charge is -2.02. The summed E-state index contributed by atoms with van der Waals surface area (Å²) in [5.74, 6) is 0. The molecule has 80 valence electrons. The third kappa shape index (κ3) is 1.85. The second kappa shape index (κ2) is 4.14. The Morgan fingerprint density at radius 2 is 1.73 bits per heavy atom. The molecule has 0 saturated carbocycles. The molecule has 0 aliphatic heterocycles. The molecular weight excluding hydrogens is 190 g/mol. The highest BCUT2D eigenvalue weighted by Crippen LogP contribution is 2.18. The van der Waals surface area contributed by atoms with Crippen LogP contribution in [0.2, 0.25) is 0 Å². The Bertz CT molecular complexity index is 448. The number of aryl methyl sites for hydroxylation is 1. The maximum atomic E-state index is 5.86. The number of nitrogen functional groups attached to an aromatic ring is 1. The molecule has 0 radical (unpaired) electrons. The van der Waals surface area contributed by atoms with Crippen molar-refractivity contribution in [1.29, 1.82) is 0 Å². The lowest BCUT2D eigenvalue weighted by molar-refractivity contribution is 0.824. The van der Waals surface area contributed by atoms with Crippen LogP contribution < -0.4 is 5.73 Å². The summed E-state index contributed by atoms with van der Waals surface area (Å²) >= 11 is 0. The largest absolute Gasteiger partial charge is 0.412 e. The predicted octanol–water partition coefficient (Wildman–Crippen LogP) is 1.25. The Morgan fingerprint density at radius 1 is 1.13 bits per heavy atom. The van der Waals surface area contributed by atoms with Gasteiger partial charge >= 0.3 is 0 Å². The zero-order chi connectivity index (χ0) is 10.1. The van der Waals surface area contributed by atoms with Crippen LogP contribution in [0, 0.1) is 13.8 Å². The van der Waals surface area contributed by atoms with Crippen LogP contribution in [0.1, 0.15) is 11.4 Å². The van der Waals surface area contributed by atoms with Crippen LogP contribution in [0.4, 0.5) is 5.69 Å². The van der Waals surface area contributed by atoms with E-state index in [1.54, 1.807) is 0 Å². The van der Waals surface area contributed by atoms with Gasteiger partial charge in [0.2, 0.25) is 0 Å². The molecular formula is C11H15N3O. The highest BCUT2D eigenvalue weighted by atomic mass is 16.0. The fourth-order valence-corrected chi connectivity index (χ4v) is 1.48. The number of aromatic nitrogens is 2. The zero-order valence-corrected chi connectivity index (χ0v) is 8.86. The van der Waals surface area contributed by atoms with E-state index in [-0.39, 0.29) is 5.48 Å². The lowest BCUT2D eigenvalue weighted by Crippen LogP contribution is -1.98. The number of benzene rings is 1. The quantitative estimate of drug-likeness (QED) is 0.760. The average Bonchev–Trinajstić information content (AvgIpc) is 2.47. The van der Waals surface area contributed by atoms with Crippen molar-refractivity contribution in [3.8, 4) is 5.69 Å². The number of hydrogen-bond acceptors (Lipinski definition) is 2. The summed E-state index contributed by atoms with van der Waals surface area (Å²) in [6, 6.07) is 9.99. The van der Waals surface area contributed by atoms with E-state index in [2.05, 4.69) is 5.10 Å². The first kappa shape index (κ1) is 11.3. The van der Waals surface area contributed by atoms with E-state index in [0.717, 1.165) is 22.8 Å². The molecule has 0 unspecified atom stereocenters. The highest BCUT2D eigenvalue weighted by molar-refractivity contribution is 5.50. The predicted molar refractivity (Wildman–Crippen MR) is 61.1 cm³/mol. The Labute approximate surface area is 88.6 Å². The van der Waals surface area contributed by atoms with Crippen molar-refractivity contribution >= 4 is 5.69 Å². The Morgan fingerprint density at radius 3 is 2.20 bits per heavy atom. The van der Waals surface area contributed by atoms with Gasteiger partial charge in [-0.1, -0.05) is 18.2 Å². The summed E-state index contributed by atoms with van der Waals surface area (Å²) < 4.78 is 1.87. The molecule has 0 fully saturated rings. The SMILES string of the molecule is Cc1nn(-c2ccccc2)c(C)c1N.O. The molecule has 0 atom stereocenters. The number of nitrogens with zero attached hydrogens (tertiary/aromatic N) is 2. The van der Waals surface area contributed by atoms with Crippen molar-refractivity contribution in [2.75, 3.05) is 5.73 Å². The van der Waals surface area contributed by atoms with E-state index < -0.39 is 0 Å². The Hall–Kier alpha value is -1.81. The van der Waals surface area contributed by atoms with Crippen LogP contribution in [-0.4, -0.2) is 15.3 Å². The molecule has 0 amide bonds. The van der Waals surface area contributed by atoms with Gasteiger partial charge in [-0.2, -0.15) is 5.10 Å². The van der Waals surface area contributed by atoms with Crippen LogP contribution in [0.25, 0.3) is 5.69 Å². The van der Waals surface area contributed by atoms with Gasteiger partial charge in [0, 0.05) is 0 Å². The van der Waals surface area contributed by atoms with Crippen molar-refractivity contribution in [2.24, 2.45) is 0 Å². The molecule has 0 saturated heterocycles. The van der Waals surface area contributed by atoms with Gasteiger partial charge in [-0.25, -0.2) is 4.68 Å². The minimum absolute atomic E-state index is 0. The number of nitrogens with two attached hydrogens (primary N) is 1. The molecule has 1 aromatic carbocycles. The Balaban J connectivity index is 0.00000112. The maximum absolute atomic E-state index is 5.86. The summed E-state index contributed by atoms with van der Waals surface area (Å²) in [7, 11) is 0. The molecule has 1 heterocycles. The summed E-state index contributed by atoms with van der Waals surface area (Å²) in [4.78, 5) is 0. The van der Waals surface area contributed by atoms with Crippen LogP contribution in [-0.2, 0) is 0 Å². The molecule has 2 rings (SSSR count). The van der Waals surface area contributed by atoms with Crippen molar-refractivity contribution in [3.05, 3.63) is 41.7 Å². The molecule has 4 heteroatoms. The monoisotopic (exact) mass is 205 g/mol. The summed E-state index contributed by atoms with van der Waals surface area (Å²) in [6.07, 6.45) is 0. The normalized spacial score (nSPS) is 9.73. The van der Waals surface area contributed by atoms with Gasteiger partial charge in [0.15, 0.2) is 0 Å². The fraction of sp³-hybridized carbons (Fsp3) is 0.182. The molecule has 15 heavy (non-hydrogen) atoms. The van der Waals surface area contributed by atoms with Crippen LogP contribution in [0.3, 0.4) is 0 Å². The minimum atomic E-state index is 0. The topological polar surface area (TPSA) is 75.3 Å². The van der Waals surface area contributed by atoms with E-state index in [1.165, 1.54) is 0 Å². The van der Waals surface area contributed by atoms with E-state index in [4.69, 9.17) is 5.73 Å². The highest BCUT2D eigenvalue weighted by Gasteiger charge is 2.08. The van der Waals surface area contributed by atoms with Gasteiger partial charge in [-0.3, -0.25) is 0 Å². The molecule has 2 aromatic rings. The van der Waals surface area contributed by atoms with E-state index >= 15 is 0 Å². The molecule has 4 nitrogen and oxygen atoms in total. The lowest BCUT2D eigenvalue weighted by atomic mass is 10.3. The summed E-state index contributed by atoms with van der Waals surface area (Å²) in [6.45, 7) is 3.89. The third-order valence-electron chi connectivity index (χ3n) is 2.35. The van der Waals surface area contributed by atoms with Crippen LogP contribution in [0.5, 0.6) is 0 Å². The van der Waals surface area contributed by atoms with Gasteiger partial charge < -0.3 is 11.2 Å². The summed E-state index contributed by atoms with van der Waals surface area (Å²) in [5, 5.41) is 4.37. The summed E-state index contributed by atoms with van der Waals surface area (Å²) in [5.41, 5.74) is 9.55. The molecule has 1 aromatic heterocycles. The average molecular weight is 205 g/mol. The van der Waals surface area contributed by atoms with Gasteiger partial charge in [0.05, 0.1) is 22.8 Å². The second-order valence-electron chi connectivity index (χ2n) is 3.33. The van der Waals surface area contributed by atoms with Crippen molar-refractivity contribution in [3.63, 3.8) is 0 Å². The van der Waals surface area contributed by atoms with Gasteiger partial charge in [-0.05, 0) is 26.0 Å². The number of para-hydroxylation sites is 1. The molecule has 0 bridgehead atoms. The van der Waals surface area contributed by atoms with Crippen molar-refractivity contribution in [1.82, 2.24) is 9.78 Å². The zero-order valence-electron chi connectivity index (χ0n) is 8.86. The van der Waals surface area contributed by atoms with Crippen LogP contribution >= 0.6 is 0 Å². The van der Waals surface area contributed by atoms with Gasteiger partial charge in [0.1, 0.15) is 0 Å². The smallest absolute Gasteiger partial charge is 0.0830 e. The molecule has 0 spiro atoms. The standard InChI is InChI=1S/C11H13N3.H2O/c1-8-11(12)9(2)14(13-8)10-6-4-3-5-7-10;/h3-7H,12H2,1-2H3;1H2. The molecule has 0 aliphatic carbocycles. The number of rotatable bonds is 1. The first-order valence-corrected chi connectivity index (χ1v) is 4.57. The van der Waals surface area contributed by atoms with E-state index in [1.807, 2.05) is 48.9 Å². The van der Waals surface area contributed by atoms with Gasteiger partial charge in [-0.15, -0.1) is 0 Å². The number of anilines is 1. The van der Waals surface area contributed by atoms with E-state index in [0.29, 0.717) is 0 Å². The second-order valence-corrected chi connectivity index (χ2v) is 3.33. The third-order valence-corrected chi connectivity index (χ3v) is 2.35. The first-order chi connectivity index (χ1) is 6.70. The number of hydrogen-bond donors (Lipinski definition) is 1.